The summed E-state index contributed by atoms with van der Waals surface area (Å²) < 4.78 is 20.2. The molecule has 1 amide bonds. The molecule has 1 unspecified atom stereocenters. The van der Waals surface area contributed by atoms with E-state index in [1.165, 1.54) is 40.6 Å². The molecule has 32 heavy (non-hydrogen) atoms. The van der Waals surface area contributed by atoms with Crippen LogP contribution >= 0.6 is 11.8 Å². The smallest absolute Gasteiger partial charge is 0.266 e. The van der Waals surface area contributed by atoms with Crippen LogP contribution in [-0.4, -0.2) is 20.7 Å². The summed E-state index contributed by atoms with van der Waals surface area (Å²) >= 11 is 1.21. The SMILES string of the molecule is CC(C)C(Sc1nc2ccccc2c(=O)n1-c1ccc(F)cc1)C(=O)NCc1ccco1. The highest BCUT2D eigenvalue weighted by Gasteiger charge is 2.27. The van der Waals surface area contributed by atoms with E-state index >= 15 is 0 Å². The Morgan fingerprint density at radius 1 is 1.12 bits per heavy atom. The molecule has 0 saturated carbocycles. The summed E-state index contributed by atoms with van der Waals surface area (Å²) in [6.45, 7) is 4.14. The monoisotopic (exact) mass is 451 g/mol. The van der Waals surface area contributed by atoms with Crippen LogP contribution in [0.5, 0.6) is 0 Å². The fourth-order valence-electron chi connectivity index (χ4n) is 3.30. The summed E-state index contributed by atoms with van der Waals surface area (Å²) in [7, 11) is 0. The van der Waals surface area contributed by atoms with Crippen LogP contribution in [0.2, 0.25) is 0 Å². The predicted octanol–water partition coefficient (Wildman–Crippen LogP) is 4.55. The molecule has 0 radical (unpaired) electrons. The van der Waals surface area contributed by atoms with Crippen molar-refractivity contribution in [2.24, 2.45) is 5.92 Å². The standard InChI is InChI=1S/C24H22FN3O3S/c1-15(2)21(22(29)26-14-18-6-5-13-31-18)32-24-27-20-8-4-3-7-19(20)23(30)28(24)17-11-9-16(25)10-12-17/h3-13,15,21H,14H2,1-2H3,(H,26,29). The fourth-order valence-corrected chi connectivity index (χ4v) is 4.44. The van der Waals surface area contributed by atoms with Crippen molar-refractivity contribution >= 4 is 28.6 Å². The minimum Gasteiger partial charge on any atom is -0.467 e. The number of hydrogen-bond donors (Lipinski definition) is 1. The molecule has 0 spiro atoms. The maximum atomic E-state index is 13.5. The van der Waals surface area contributed by atoms with Gasteiger partial charge in [-0.1, -0.05) is 37.7 Å². The summed E-state index contributed by atoms with van der Waals surface area (Å²) in [5.74, 6) is 0.0242. The van der Waals surface area contributed by atoms with Crippen molar-refractivity contribution in [1.82, 2.24) is 14.9 Å². The van der Waals surface area contributed by atoms with Gasteiger partial charge < -0.3 is 9.73 Å². The second kappa shape index (κ2) is 9.40. The van der Waals surface area contributed by atoms with Crippen molar-refractivity contribution in [1.29, 1.82) is 0 Å². The molecule has 0 aliphatic rings. The van der Waals surface area contributed by atoms with Gasteiger partial charge in [0.2, 0.25) is 5.91 Å². The van der Waals surface area contributed by atoms with Gasteiger partial charge in [-0.3, -0.25) is 14.2 Å². The number of rotatable bonds is 7. The van der Waals surface area contributed by atoms with E-state index in [1.807, 2.05) is 13.8 Å². The molecule has 2 aromatic carbocycles. The molecular weight excluding hydrogens is 429 g/mol. The number of aromatic nitrogens is 2. The van der Waals surface area contributed by atoms with E-state index in [0.717, 1.165) is 0 Å². The third kappa shape index (κ3) is 4.60. The zero-order valence-corrected chi connectivity index (χ0v) is 18.4. The van der Waals surface area contributed by atoms with Crippen molar-refractivity contribution in [3.8, 4) is 5.69 Å². The molecule has 0 aliphatic heterocycles. The first kappa shape index (κ1) is 21.8. The van der Waals surface area contributed by atoms with E-state index < -0.39 is 11.1 Å². The lowest BCUT2D eigenvalue weighted by atomic mass is 10.1. The topological polar surface area (TPSA) is 77.1 Å². The summed E-state index contributed by atoms with van der Waals surface area (Å²) in [6.07, 6.45) is 1.55. The molecule has 8 heteroatoms. The molecule has 0 fully saturated rings. The van der Waals surface area contributed by atoms with E-state index in [4.69, 9.17) is 4.42 Å². The summed E-state index contributed by atoms with van der Waals surface area (Å²) in [6, 6.07) is 16.2. The van der Waals surface area contributed by atoms with E-state index in [9.17, 15) is 14.0 Å². The Balaban J connectivity index is 1.74. The summed E-state index contributed by atoms with van der Waals surface area (Å²) in [5, 5.41) is 3.19. The van der Waals surface area contributed by atoms with Crippen LogP contribution in [0.25, 0.3) is 16.6 Å². The number of thioether (sulfide) groups is 1. The molecule has 164 valence electrons. The van der Waals surface area contributed by atoms with Gasteiger partial charge in [0.15, 0.2) is 5.16 Å². The average Bonchev–Trinajstić information content (AvgIpc) is 3.30. The molecular formula is C24H22FN3O3S. The van der Waals surface area contributed by atoms with Crippen LogP contribution in [0, 0.1) is 11.7 Å². The number of benzene rings is 2. The number of furan rings is 1. The number of fused-ring (bicyclic) bond motifs is 1. The maximum Gasteiger partial charge on any atom is 0.266 e. The third-order valence-corrected chi connectivity index (χ3v) is 6.44. The third-order valence-electron chi connectivity index (χ3n) is 4.94. The number of para-hydroxylation sites is 1. The van der Waals surface area contributed by atoms with E-state index in [1.54, 1.807) is 42.7 Å². The minimum atomic E-state index is -0.510. The first-order valence-corrected chi connectivity index (χ1v) is 11.1. The highest BCUT2D eigenvalue weighted by molar-refractivity contribution is 8.00. The van der Waals surface area contributed by atoms with Gasteiger partial charge in [-0.15, -0.1) is 0 Å². The summed E-state index contributed by atoms with van der Waals surface area (Å²) in [4.78, 5) is 31.0. The second-order valence-electron chi connectivity index (χ2n) is 7.61. The Labute approximate surface area is 188 Å². The largest absolute Gasteiger partial charge is 0.467 e. The molecule has 2 heterocycles. The molecule has 2 aromatic heterocycles. The van der Waals surface area contributed by atoms with Crippen molar-refractivity contribution in [3.63, 3.8) is 0 Å². The van der Waals surface area contributed by atoms with Gasteiger partial charge in [0.1, 0.15) is 11.6 Å². The molecule has 1 N–H and O–H groups in total. The van der Waals surface area contributed by atoms with Gasteiger partial charge in [0.25, 0.3) is 5.56 Å². The zero-order valence-electron chi connectivity index (χ0n) is 17.6. The van der Waals surface area contributed by atoms with Gasteiger partial charge in [0.05, 0.1) is 34.6 Å². The van der Waals surface area contributed by atoms with Gasteiger partial charge in [-0.25, -0.2) is 9.37 Å². The highest BCUT2D eigenvalue weighted by atomic mass is 32.2. The van der Waals surface area contributed by atoms with E-state index in [-0.39, 0.29) is 23.9 Å². The minimum absolute atomic E-state index is 0.0401. The number of hydrogen-bond acceptors (Lipinski definition) is 5. The van der Waals surface area contributed by atoms with Crippen LogP contribution < -0.4 is 10.9 Å². The Hall–Kier alpha value is -3.39. The normalized spacial score (nSPS) is 12.2. The van der Waals surface area contributed by atoms with Crippen LogP contribution in [0.1, 0.15) is 19.6 Å². The summed E-state index contributed by atoms with van der Waals surface area (Å²) in [5.41, 5.74) is 0.746. The predicted molar refractivity (Wildman–Crippen MR) is 122 cm³/mol. The lowest BCUT2D eigenvalue weighted by molar-refractivity contribution is -0.121. The van der Waals surface area contributed by atoms with Crippen LogP contribution in [0.15, 0.2) is 81.3 Å². The fraction of sp³-hybridized carbons (Fsp3) is 0.208. The average molecular weight is 452 g/mol. The van der Waals surface area contributed by atoms with Crippen molar-refractivity contribution < 1.29 is 13.6 Å². The first-order chi connectivity index (χ1) is 15.4. The number of nitrogens with one attached hydrogen (secondary N) is 1. The maximum absolute atomic E-state index is 13.5. The Morgan fingerprint density at radius 2 is 1.88 bits per heavy atom. The van der Waals surface area contributed by atoms with Crippen LogP contribution in [0.4, 0.5) is 4.39 Å². The van der Waals surface area contributed by atoms with Gasteiger partial charge >= 0.3 is 0 Å². The number of carbonyl (C=O) groups excluding carboxylic acids is 1. The van der Waals surface area contributed by atoms with Crippen molar-refractivity contribution in [2.45, 2.75) is 30.8 Å². The molecule has 0 aliphatic carbocycles. The highest BCUT2D eigenvalue weighted by Crippen LogP contribution is 2.29. The zero-order chi connectivity index (χ0) is 22.7. The second-order valence-corrected chi connectivity index (χ2v) is 8.72. The number of nitrogens with zero attached hydrogens (tertiary/aromatic N) is 2. The molecule has 4 aromatic rings. The Morgan fingerprint density at radius 3 is 2.56 bits per heavy atom. The lowest BCUT2D eigenvalue weighted by Gasteiger charge is -2.21. The van der Waals surface area contributed by atoms with Gasteiger partial charge in [-0.2, -0.15) is 0 Å². The molecule has 0 saturated heterocycles. The Kier molecular flexibility index (Phi) is 6.41. The molecule has 4 rings (SSSR count). The van der Waals surface area contributed by atoms with Gasteiger partial charge in [0, 0.05) is 0 Å². The lowest BCUT2D eigenvalue weighted by Crippen LogP contribution is -2.36. The van der Waals surface area contributed by atoms with E-state index in [2.05, 4.69) is 10.3 Å². The number of halogens is 1. The molecule has 6 nitrogen and oxygen atoms in total. The van der Waals surface area contributed by atoms with Crippen LogP contribution in [-0.2, 0) is 11.3 Å². The molecule has 1 atom stereocenters. The van der Waals surface area contributed by atoms with Crippen LogP contribution in [0.3, 0.4) is 0 Å². The number of carbonyl (C=O) groups is 1. The van der Waals surface area contributed by atoms with E-state index in [0.29, 0.717) is 27.5 Å². The number of amides is 1. The van der Waals surface area contributed by atoms with Crippen molar-refractivity contribution in [3.05, 3.63) is 88.9 Å². The quantitative estimate of drug-likeness (QED) is 0.330. The first-order valence-electron chi connectivity index (χ1n) is 10.2. The van der Waals surface area contributed by atoms with Crippen molar-refractivity contribution in [2.75, 3.05) is 0 Å². The molecule has 0 bridgehead atoms. The Bertz CT molecular complexity index is 1280. The van der Waals surface area contributed by atoms with Gasteiger partial charge in [-0.05, 0) is 54.4 Å².